The molecule has 0 amide bonds. The summed E-state index contributed by atoms with van der Waals surface area (Å²) >= 11 is 0. The fourth-order valence-corrected chi connectivity index (χ4v) is 2.81. The van der Waals surface area contributed by atoms with E-state index in [1.165, 1.54) is 12.7 Å². The number of fused-ring (bicyclic) bond motifs is 1. The summed E-state index contributed by atoms with van der Waals surface area (Å²) in [6, 6.07) is 0. The zero-order valence-electron chi connectivity index (χ0n) is 13.1. The van der Waals surface area contributed by atoms with Crippen LogP contribution in [-0.2, 0) is 9.47 Å². The van der Waals surface area contributed by atoms with Gasteiger partial charge in [-0.25, -0.2) is 9.97 Å². The van der Waals surface area contributed by atoms with Crippen LogP contribution in [0.15, 0.2) is 17.4 Å². The van der Waals surface area contributed by atoms with Crippen molar-refractivity contribution in [3.05, 3.63) is 23.0 Å². The van der Waals surface area contributed by atoms with Crippen LogP contribution < -0.4 is 5.56 Å². The average Bonchev–Trinajstić information content (AvgIpc) is 3.11. The summed E-state index contributed by atoms with van der Waals surface area (Å²) in [5.74, 6) is 0. The van der Waals surface area contributed by atoms with Crippen molar-refractivity contribution in [2.45, 2.75) is 51.0 Å². The van der Waals surface area contributed by atoms with E-state index >= 15 is 0 Å². The zero-order chi connectivity index (χ0) is 16.2. The highest BCUT2D eigenvalue weighted by molar-refractivity contribution is 5.68. The second-order valence-corrected chi connectivity index (χ2v) is 5.79. The lowest BCUT2D eigenvalue weighted by Gasteiger charge is -2.16. The number of unbranched alkanes of at least 4 members (excludes halogenated alkanes) is 2. The highest BCUT2D eigenvalue weighted by Crippen LogP contribution is 2.30. The number of aromatic amines is 1. The first-order valence-electron chi connectivity index (χ1n) is 8.02. The van der Waals surface area contributed by atoms with Gasteiger partial charge >= 0.3 is 0 Å². The quantitative estimate of drug-likeness (QED) is 0.737. The molecular formula is C15H22N4O4. The van der Waals surface area contributed by atoms with Crippen LogP contribution in [0.5, 0.6) is 0 Å². The maximum atomic E-state index is 11.7. The minimum atomic E-state index is -0.683. The molecule has 0 radical (unpaired) electrons. The Balaban J connectivity index is 1.64. The minimum absolute atomic E-state index is 0.170. The molecule has 0 aromatic carbocycles. The van der Waals surface area contributed by atoms with Crippen molar-refractivity contribution in [3.63, 3.8) is 0 Å². The summed E-state index contributed by atoms with van der Waals surface area (Å²) in [6.45, 7) is 3.31. The molecule has 23 heavy (non-hydrogen) atoms. The van der Waals surface area contributed by atoms with Crippen LogP contribution in [0.25, 0.3) is 11.2 Å². The molecule has 1 saturated heterocycles. The molecule has 8 heteroatoms. The van der Waals surface area contributed by atoms with Crippen molar-refractivity contribution in [2.75, 3.05) is 13.2 Å². The Morgan fingerprint density at radius 2 is 2.35 bits per heavy atom. The van der Waals surface area contributed by atoms with Crippen molar-refractivity contribution < 1.29 is 14.6 Å². The molecule has 3 heterocycles. The van der Waals surface area contributed by atoms with E-state index in [4.69, 9.17) is 9.47 Å². The van der Waals surface area contributed by atoms with Crippen LogP contribution in [0.1, 0.15) is 38.8 Å². The van der Waals surface area contributed by atoms with E-state index in [0.717, 1.165) is 19.3 Å². The van der Waals surface area contributed by atoms with E-state index in [1.54, 1.807) is 4.57 Å². The second-order valence-electron chi connectivity index (χ2n) is 5.79. The summed E-state index contributed by atoms with van der Waals surface area (Å²) in [7, 11) is 0. The van der Waals surface area contributed by atoms with Gasteiger partial charge in [0.1, 0.15) is 6.10 Å². The highest BCUT2D eigenvalue weighted by Gasteiger charge is 2.36. The van der Waals surface area contributed by atoms with Crippen molar-refractivity contribution >= 4 is 11.2 Å². The first-order chi connectivity index (χ1) is 11.2. The van der Waals surface area contributed by atoms with E-state index in [9.17, 15) is 9.90 Å². The Morgan fingerprint density at radius 1 is 1.48 bits per heavy atom. The number of aromatic nitrogens is 4. The standard InChI is InChI=1S/C15H22N4O4/c1-2-3-4-5-22-7-10-6-11(20)15(23-10)19-9-18-12-13(19)16-8-17-14(12)21/h8-11,15,20H,2-7H2,1H3,(H,16,17,21)/t10-,11+,15+/m0/s1. The molecule has 0 bridgehead atoms. The molecule has 2 aromatic heterocycles. The van der Waals surface area contributed by atoms with Crippen molar-refractivity contribution in [2.24, 2.45) is 0 Å². The highest BCUT2D eigenvalue weighted by atomic mass is 16.6. The largest absolute Gasteiger partial charge is 0.388 e. The van der Waals surface area contributed by atoms with Crippen LogP contribution >= 0.6 is 0 Å². The summed E-state index contributed by atoms with van der Waals surface area (Å²) in [5.41, 5.74) is 0.335. The van der Waals surface area contributed by atoms with Crippen LogP contribution in [0.3, 0.4) is 0 Å². The number of rotatable bonds is 7. The minimum Gasteiger partial charge on any atom is -0.388 e. The fourth-order valence-electron chi connectivity index (χ4n) is 2.81. The number of imidazole rings is 1. The van der Waals surface area contributed by atoms with Gasteiger partial charge in [-0.05, 0) is 6.42 Å². The van der Waals surface area contributed by atoms with Crippen LogP contribution in [0, 0.1) is 0 Å². The van der Waals surface area contributed by atoms with Gasteiger partial charge in [0, 0.05) is 13.0 Å². The number of hydrogen-bond donors (Lipinski definition) is 2. The van der Waals surface area contributed by atoms with Gasteiger partial charge < -0.3 is 19.6 Å². The number of aliphatic hydroxyl groups is 1. The molecule has 8 nitrogen and oxygen atoms in total. The smallest absolute Gasteiger partial charge is 0.278 e. The number of nitrogens with one attached hydrogen (secondary N) is 1. The Morgan fingerprint density at radius 3 is 3.17 bits per heavy atom. The van der Waals surface area contributed by atoms with E-state index in [-0.39, 0.29) is 17.2 Å². The van der Waals surface area contributed by atoms with Gasteiger partial charge in [0.25, 0.3) is 5.56 Å². The molecule has 1 fully saturated rings. The van der Waals surface area contributed by atoms with Gasteiger partial charge in [-0.2, -0.15) is 0 Å². The molecule has 0 saturated carbocycles. The molecule has 0 unspecified atom stereocenters. The van der Waals surface area contributed by atoms with E-state index in [2.05, 4.69) is 21.9 Å². The topological polar surface area (TPSA) is 102 Å². The number of aliphatic hydroxyl groups excluding tert-OH is 1. The summed E-state index contributed by atoms with van der Waals surface area (Å²) in [4.78, 5) is 22.3. The van der Waals surface area contributed by atoms with E-state index in [0.29, 0.717) is 25.3 Å². The van der Waals surface area contributed by atoms with Gasteiger partial charge in [-0.3, -0.25) is 9.36 Å². The monoisotopic (exact) mass is 322 g/mol. The van der Waals surface area contributed by atoms with Gasteiger partial charge in [-0.15, -0.1) is 0 Å². The summed E-state index contributed by atoms with van der Waals surface area (Å²) in [5, 5.41) is 10.3. The Hall–Kier alpha value is -1.77. The van der Waals surface area contributed by atoms with Gasteiger partial charge in [0.2, 0.25) is 0 Å². The predicted octanol–water partition coefficient (Wildman–Crippen LogP) is 0.975. The summed E-state index contributed by atoms with van der Waals surface area (Å²) < 4.78 is 13.1. The number of ether oxygens (including phenoxy) is 2. The third-order valence-electron chi connectivity index (χ3n) is 4.00. The maximum Gasteiger partial charge on any atom is 0.278 e. The first kappa shape index (κ1) is 16.1. The van der Waals surface area contributed by atoms with E-state index < -0.39 is 12.3 Å². The third-order valence-corrected chi connectivity index (χ3v) is 4.00. The zero-order valence-corrected chi connectivity index (χ0v) is 13.1. The Kier molecular flexibility index (Phi) is 5.04. The van der Waals surface area contributed by atoms with E-state index in [1.807, 2.05) is 0 Å². The fraction of sp³-hybridized carbons (Fsp3) is 0.667. The van der Waals surface area contributed by atoms with Crippen LogP contribution in [-0.4, -0.2) is 50.0 Å². The Bertz CT molecular complexity index is 698. The normalized spacial score (nSPS) is 24.5. The number of H-pyrrole nitrogens is 1. The molecule has 3 rings (SSSR count). The second kappa shape index (κ2) is 7.20. The molecule has 0 aliphatic carbocycles. The van der Waals surface area contributed by atoms with Crippen molar-refractivity contribution in [3.8, 4) is 0 Å². The molecule has 1 aliphatic rings. The van der Waals surface area contributed by atoms with Crippen LogP contribution in [0.2, 0.25) is 0 Å². The lowest BCUT2D eigenvalue weighted by Crippen LogP contribution is -2.20. The lowest BCUT2D eigenvalue weighted by atomic mass is 10.2. The molecular weight excluding hydrogens is 300 g/mol. The Labute approximate surface area is 133 Å². The first-order valence-corrected chi connectivity index (χ1v) is 8.02. The lowest BCUT2D eigenvalue weighted by molar-refractivity contribution is -0.0603. The third kappa shape index (κ3) is 3.44. The number of nitrogens with zero attached hydrogens (tertiary/aromatic N) is 3. The van der Waals surface area contributed by atoms with Gasteiger partial charge in [0.05, 0.1) is 25.4 Å². The SMILES string of the molecule is CCCCCOC[C@@H]1C[C@@H](O)[C@H](n2cnc3c(=O)[nH]cnc32)O1. The van der Waals surface area contributed by atoms with Gasteiger partial charge in [0.15, 0.2) is 17.4 Å². The molecule has 2 aromatic rings. The van der Waals surface area contributed by atoms with Crippen molar-refractivity contribution in [1.82, 2.24) is 19.5 Å². The summed E-state index contributed by atoms with van der Waals surface area (Å²) in [6.07, 6.45) is 5.17. The van der Waals surface area contributed by atoms with Gasteiger partial charge in [-0.1, -0.05) is 19.8 Å². The molecule has 126 valence electrons. The molecule has 0 spiro atoms. The van der Waals surface area contributed by atoms with Crippen LogP contribution in [0.4, 0.5) is 0 Å². The van der Waals surface area contributed by atoms with Crippen molar-refractivity contribution in [1.29, 1.82) is 0 Å². The molecule has 3 atom stereocenters. The number of hydrogen-bond acceptors (Lipinski definition) is 6. The maximum absolute atomic E-state index is 11.7. The molecule has 1 aliphatic heterocycles. The average molecular weight is 322 g/mol. The molecule has 2 N–H and O–H groups in total. The predicted molar refractivity (Wildman–Crippen MR) is 83.0 cm³/mol.